The van der Waals surface area contributed by atoms with E-state index in [9.17, 15) is 9.59 Å². The maximum atomic E-state index is 12.4. The van der Waals surface area contributed by atoms with E-state index in [0.717, 1.165) is 11.4 Å². The van der Waals surface area contributed by atoms with Crippen LogP contribution in [0.3, 0.4) is 0 Å². The average Bonchev–Trinajstić information content (AvgIpc) is 2.77. The van der Waals surface area contributed by atoms with Gasteiger partial charge in [0.15, 0.2) is 5.82 Å². The Hall–Kier alpha value is -2.42. The summed E-state index contributed by atoms with van der Waals surface area (Å²) in [5.41, 5.74) is 6.78. The summed E-state index contributed by atoms with van der Waals surface area (Å²) in [6, 6.07) is 11.1. The number of amides is 2. The van der Waals surface area contributed by atoms with E-state index in [1.54, 1.807) is 11.1 Å². The summed E-state index contributed by atoms with van der Waals surface area (Å²) in [6.07, 6.45) is 1.76. The molecule has 2 heterocycles. The van der Waals surface area contributed by atoms with Crippen LogP contribution in [0.2, 0.25) is 0 Å². The summed E-state index contributed by atoms with van der Waals surface area (Å²) in [6.45, 7) is 6.24. The molecule has 3 N–H and O–H groups in total. The van der Waals surface area contributed by atoms with Crippen LogP contribution in [0.1, 0.15) is 13.8 Å². The standard InChI is InChI=1S/C21H28N6O2.2ClH/c1-15(2)19(22)21(29)24-14-18(28)27-12-10-26(11-13-27)17-8-9-23-20(25-17)16-6-4-3-5-7-16;;/h3-9,15,19H,10-14,22H2,1-2H3,(H,24,29);2*1H/t19-;;/m0../s1. The molecule has 1 aromatic carbocycles. The molecule has 0 aliphatic carbocycles. The molecule has 1 aromatic heterocycles. The first kappa shape index (κ1) is 26.6. The van der Waals surface area contributed by atoms with E-state index in [1.165, 1.54) is 0 Å². The maximum Gasteiger partial charge on any atom is 0.242 e. The molecule has 3 rings (SSSR count). The van der Waals surface area contributed by atoms with Gasteiger partial charge >= 0.3 is 0 Å². The average molecular weight is 469 g/mol. The lowest BCUT2D eigenvalue weighted by atomic mass is 10.1. The molecule has 31 heavy (non-hydrogen) atoms. The molecule has 2 amide bonds. The zero-order valence-electron chi connectivity index (χ0n) is 17.7. The number of hydrogen-bond acceptors (Lipinski definition) is 6. The van der Waals surface area contributed by atoms with Crippen molar-refractivity contribution in [1.82, 2.24) is 20.2 Å². The number of halogens is 2. The predicted molar refractivity (Wildman–Crippen MR) is 127 cm³/mol. The SMILES string of the molecule is CC(C)[C@H](N)C(=O)NCC(=O)N1CCN(c2ccnc(-c3ccccc3)n2)CC1.Cl.Cl. The first-order valence-corrected chi connectivity index (χ1v) is 9.90. The summed E-state index contributed by atoms with van der Waals surface area (Å²) in [4.78, 5) is 37.3. The highest BCUT2D eigenvalue weighted by Gasteiger charge is 2.24. The van der Waals surface area contributed by atoms with Crippen LogP contribution in [0.5, 0.6) is 0 Å². The fourth-order valence-electron chi connectivity index (χ4n) is 3.13. The van der Waals surface area contributed by atoms with Crippen molar-refractivity contribution < 1.29 is 9.59 Å². The fourth-order valence-corrected chi connectivity index (χ4v) is 3.13. The number of benzene rings is 1. The third-order valence-corrected chi connectivity index (χ3v) is 5.06. The smallest absolute Gasteiger partial charge is 0.242 e. The van der Waals surface area contributed by atoms with Crippen molar-refractivity contribution >= 4 is 42.4 Å². The minimum Gasteiger partial charge on any atom is -0.353 e. The van der Waals surface area contributed by atoms with Crippen LogP contribution >= 0.6 is 24.8 Å². The predicted octanol–water partition coefficient (Wildman–Crippen LogP) is 1.74. The normalized spacial score (nSPS) is 14.3. The monoisotopic (exact) mass is 468 g/mol. The second kappa shape index (κ2) is 12.4. The van der Waals surface area contributed by atoms with Gasteiger partial charge < -0.3 is 20.9 Å². The van der Waals surface area contributed by atoms with Gasteiger partial charge in [-0.1, -0.05) is 44.2 Å². The number of nitrogens with two attached hydrogens (primary N) is 1. The Morgan fingerprint density at radius 1 is 1.06 bits per heavy atom. The van der Waals surface area contributed by atoms with Gasteiger partial charge in [0, 0.05) is 37.9 Å². The Morgan fingerprint density at radius 3 is 2.32 bits per heavy atom. The molecule has 0 radical (unpaired) electrons. The molecule has 2 aromatic rings. The van der Waals surface area contributed by atoms with E-state index in [1.807, 2.05) is 50.2 Å². The van der Waals surface area contributed by atoms with Crippen LogP contribution in [0, 0.1) is 5.92 Å². The summed E-state index contributed by atoms with van der Waals surface area (Å²) in [5.74, 6) is 1.18. The molecular formula is C21H30Cl2N6O2. The topological polar surface area (TPSA) is 104 Å². The van der Waals surface area contributed by atoms with Crippen molar-refractivity contribution in [3.63, 3.8) is 0 Å². The molecule has 170 valence electrons. The van der Waals surface area contributed by atoms with Crippen LogP contribution in [-0.4, -0.2) is 65.4 Å². The molecule has 1 fully saturated rings. The van der Waals surface area contributed by atoms with Gasteiger partial charge in [0.05, 0.1) is 12.6 Å². The molecule has 1 atom stereocenters. The van der Waals surface area contributed by atoms with E-state index in [2.05, 4.69) is 20.2 Å². The summed E-state index contributed by atoms with van der Waals surface area (Å²) in [5, 5.41) is 2.64. The molecule has 8 nitrogen and oxygen atoms in total. The number of carbonyl (C=O) groups excluding carboxylic acids is 2. The number of aromatic nitrogens is 2. The van der Waals surface area contributed by atoms with Gasteiger partial charge in [-0.2, -0.15) is 0 Å². The second-order valence-corrected chi connectivity index (χ2v) is 7.46. The van der Waals surface area contributed by atoms with Crippen molar-refractivity contribution in [2.75, 3.05) is 37.6 Å². The zero-order valence-corrected chi connectivity index (χ0v) is 19.4. The fraction of sp³-hybridized carbons (Fsp3) is 0.429. The van der Waals surface area contributed by atoms with Gasteiger partial charge in [-0.15, -0.1) is 24.8 Å². The van der Waals surface area contributed by atoms with Crippen LogP contribution in [-0.2, 0) is 9.59 Å². The lowest BCUT2D eigenvalue weighted by molar-refractivity contribution is -0.133. The van der Waals surface area contributed by atoms with E-state index in [0.29, 0.717) is 32.0 Å². The van der Waals surface area contributed by atoms with E-state index >= 15 is 0 Å². The largest absolute Gasteiger partial charge is 0.353 e. The Morgan fingerprint density at radius 2 is 1.71 bits per heavy atom. The molecule has 1 aliphatic rings. The van der Waals surface area contributed by atoms with Gasteiger partial charge in [0.25, 0.3) is 0 Å². The minimum absolute atomic E-state index is 0. The Kier molecular flexibility index (Phi) is 10.7. The van der Waals surface area contributed by atoms with Crippen molar-refractivity contribution in [3.05, 3.63) is 42.6 Å². The number of nitrogens with one attached hydrogen (secondary N) is 1. The van der Waals surface area contributed by atoms with Crippen LogP contribution < -0.4 is 16.0 Å². The van der Waals surface area contributed by atoms with Crippen molar-refractivity contribution in [1.29, 1.82) is 0 Å². The molecule has 10 heteroatoms. The van der Waals surface area contributed by atoms with Gasteiger partial charge in [-0.3, -0.25) is 9.59 Å². The number of nitrogens with zero attached hydrogens (tertiary/aromatic N) is 4. The van der Waals surface area contributed by atoms with Crippen LogP contribution in [0.4, 0.5) is 5.82 Å². The van der Waals surface area contributed by atoms with Gasteiger partial charge in [-0.05, 0) is 12.0 Å². The van der Waals surface area contributed by atoms with Crippen LogP contribution in [0.25, 0.3) is 11.4 Å². The highest BCUT2D eigenvalue weighted by Crippen LogP contribution is 2.19. The lowest BCUT2D eigenvalue weighted by Gasteiger charge is -2.35. The Balaban J connectivity index is 0.00000240. The van der Waals surface area contributed by atoms with Crippen molar-refractivity contribution in [2.24, 2.45) is 11.7 Å². The Labute approximate surface area is 195 Å². The number of hydrogen-bond donors (Lipinski definition) is 2. The lowest BCUT2D eigenvalue weighted by Crippen LogP contribution is -2.53. The molecule has 0 spiro atoms. The Bertz CT molecular complexity index is 845. The summed E-state index contributed by atoms with van der Waals surface area (Å²) in [7, 11) is 0. The summed E-state index contributed by atoms with van der Waals surface area (Å²) < 4.78 is 0. The molecule has 1 saturated heterocycles. The zero-order chi connectivity index (χ0) is 20.8. The molecule has 0 saturated carbocycles. The quantitative estimate of drug-likeness (QED) is 0.668. The van der Waals surface area contributed by atoms with Crippen LogP contribution in [0.15, 0.2) is 42.6 Å². The number of anilines is 1. The second-order valence-electron chi connectivity index (χ2n) is 7.46. The summed E-state index contributed by atoms with van der Waals surface area (Å²) >= 11 is 0. The maximum absolute atomic E-state index is 12.4. The number of piperazine rings is 1. The highest BCUT2D eigenvalue weighted by molar-refractivity contribution is 5.87. The van der Waals surface area contributed by atoms with Gasteiger partial charge in [-0.25, -0.2) is 9.97 Å². The van der Waals surface area contributed by atoms with Gasteiger partial charge in [0.2, 0.25) is 11.8 Å². The third kappa shape index (κ3) is 7.05. The first-order chi connectivity index (χ1) is 14.0. The van der Waals surface area contributed by atoms with E-state index in [-0.39, 0.29) is 49.1 Å². The van der Waals surface area contributed by atoms with Crippen molar-refractivity contribution in [2.45, 2.75) is 19.9 Å². The number of carbonyl (C=O) groups is 2. The molecule has 1 aliphatic heterocycles. The first-order valence-electron chi connectivity index (χ1n) is 9.90. The molecular weight excluding hydrogens is 439 g/mol. The van der Waals surface area contributed by atoms with Gasteiger partial charge in [0.1, 0.15) is 5.82 Å². The number of rotatable bonds is 6. The third-order valence-electron chi connectivity index (χ3n) is 5.06. The highest BCUT2D eigenvalue weighted by atomic mass is 35.5. The molecule has 0 unspecified atom stereocenters. The molecule has 0 bridgehead atoms. The van der Waals surface area contributed by atoms with E-state index in [4.69, 9.17) is 5.73 Å². The minimum atomic E-state index is -0.601. The van der Waals surface area contributed by atoms with Crippen molar-refractivity contribution in [3.8, 4) is 11.4 Å². The van der Waals surface area contributed by atoms with E-state index < -0.39 is 6.04 Å².